The molecule has 17 nitrogen and oxygen atoms in total. The first-order valence-electron chi connectivity index (χ1n) is 2.00. The van der Waals surface area contributed by atoms with Crippen LogP contribution in [0, 0.1) is 0 Å². The largest absolute Gasteiger partial charge is 3.00 e. The van der Waals surface area contributed by atoms with E-state index in [1.807, 2.05) is 0 Å². The van der Waals surface area contributed by atoms with Crippen LogP contribution in [0.2, 0.25) is 0 Å². The maximum absolute atomic E-state index is 8.52. The molecule has 0 atom stereocenters. The van der Waals surface area contributed by atoms with Gasteiger partial charge in [-0.15, -0.1) is 0 Å². The molecule has 0 heterocycles. The molecule has 22 heavy (non-hydrogen) atoms. The Morgan fingerprint density at radius 1 is 0.364 bits per heavy atom. The minimum atomic E-state index is -5.17. The summed E-state index contributed by atoms with van der Waals surface area (Å²) >= 11 is 0. The van der Waals surface area contributed by atoms with E-state index in [4.69, 9.17) is 52.6 Å². The molecule has 0 aliphatic rings. The molecule has 142 valence electrons. The van der Waals surface area contributed by atoms with E-state index < -0.39 is 31.2 Å². The first kappa shape index (κ1) is 66.6. The van der Waals surface area contributed by atoms with E-state index in [0.29, 0.717) is 0 Å². The van der Waals surface area contributed by atoms with Crippen LogP contribution in [0.3, 0.4) is 0 Å². The standard InChI is InChI=1S/2Cr.3H2O4S.5H2O/c;;3*1-5(2,3)4;;;;;/h;;3*(H2,1,2,3,4);5*1H2/q2*+3;;;;;;;;/p-6. The topological polar surface area (TPSA) is 398 Å². The molecule has 0 bridgehead atoms. The molecular weight excluding hydrogens is 472 g/mol. The minimum absolute atomic E-state index is 0. The molecule has 0 aliphatic carbocycles. The van der Waals surface area contributed by atoms with Gasteiger partial charge in [-0.05, 0) is 0 Å². The van der Waals surface area contributed by atoms with Crippen LogP contribution in [0.25, 0.3) is 0 Å². The van der Waals surface area contributed by atoms with Crippen molar-refractivity contribution in [2.24, 2.45) is 0 Å². The van der Waals surface area contributed by atoms with Gasteiger partial charge < -0.3 is 54.7 Å². The molecular formula is H10Cr2O17S3. The van der Waals surface area contributed by atoms with Gasteiger partial charge in [0.25, 0.3) is 0 Å². The summed E-state index contributed by atoms with van der Waals surface area (Å²) in [7, 11) is -15.5. The van der Waals surface area contributed by atoms with Crippen molar-refractivity contribution in [2.75, 3.05) is 0 Å². The van der Waals surface area contributed by atoms with E-state index in [0.717, 1.165) is 0 Å². The summed E-state index contributed by atoms with van der Waals surface area (Å²) in [5.41, 5.74) is 0. The molecule has 0 fully saturated rings. The van der Waals surface area contributed by atoms with Gasteiger partial charge in [0.15, 0.2) is 0 Å². The smallest absolute Gasteiger partial charge is 0.759 e. The van der Waals surface area contributed by atoms with E-state index in [2.05, 4.69) is 0 Å². The first-order valence-corrected chi connectivity index (χ1v) is 6.00. The van der Waals surface area contributed by atoms with E-state index in [-0.39, 0.29) is 62.1 Å². The number of rotatable bonds is 0. The summed E-state index contributed by atoms with van der Waals surface area (Å²) in [6, 6.07) is 0. The Labute approximate surface area is 145 Å². The molecule has 0 unspecified atom stereocenters. The van der Waals surface area contributed by atoms with Crippen LogP contribution in [-0.2, 0) is 65.9 Å². The second-order valence-corrected chi connectivity index (χ2v) is 3.67. The Morgan fingerprint density at radius 3 is 0.364 bits per heavy atom. The van der Waals surface area contributed by atoms with Crippen molar-refractivity contribution in [2.45, 2.75) is 0 Å². The van der Waals surface area contributed by atoms with Gasteiger partial charge >= 0.3 is 34.7 Å². The second-order valence-electron chi connectivity index (χ2n) is 1.22. The normalized spacial score (nSPS) is 7.91. The summed E-state index contributed by atoms with van der Waals surface area (Å²) in [4.78, 5) is 0. The van der Waals surface area contributed by atoms with Gasteiger partial charge in [-0.25, -0.2) is 0 Å². The predicted octanol–water partition coefficient (Wildman–Crippen LogP) is -8.14. The molecule has 0 saturated carbocycles. The average Bonchev–Trinajstić information content (AvgIpc) is 1.41. The van der Waals surface area contributed by atoms with Crippen molar-refractivity contribution in [1.29, 1.82) is 0 Å². The van der Waals surface area contributed by atoms with Crippen LogP contribution in [-0.4, -0.2) is 80.0 Å². The van der Waals surface area contributed by atoms with Crippen molar-refractivity contribution in [1.82, 2.24) is 0 Å². The van der Waals surface area contributed by atoms with Crippen molar-refractivity contribution in [3.63, 3.8) is 0 Å². The summed E-state index contributed by atoms with van der Waals surface area (Å²) < 4.78 is 102. The van der Waals surface area contributed by atoms with Gasteiger partial charge in [-0.2, -0.15) is 0 Å². The molecule has 0 aliphatic heterocycles. The van der Waals surface area contributed by atoms with Crippen molar-refractivity contribution >= 4 is 31.2 Å². The molecule has 2 radical (unpaired) electrons. The Bertz CT molecular complexity index is 343. The molecule has 10 N–H and O–H groups in total. The summed E-state index contributed by atoms with van der Waals surface area (Å²) in [5, 5.41) is 0. The van der Waals surface area contributed by atoms with Crippen LogP contribution < -0.4 is 0 Å². The van der Waals surface area contributed by atoms with E-state index in [1.165, 1.54) is 0 Å². The van der Waals surface area contributed by atoms with Crippen molar-refractivity contribution < 1.29 is 115 Å². The van der Waals surface area contributed by atoms with Gasteiger partial charge in [-0.1, -0.05) is 0 Å². The maximum atomic E-state index is 8.52. The quantitative estimate of drug-likeness (QED) is 0.229. The van der Waals surface area contributed by atoms with Gasteiger partial charge in [0.2, 0.25) is 0 Å². The van der Waals surface area contributed by atoms with Crippen molar-refractivity contribution in [3.8, 4) is 0 Å². The third-order valence-corrected chi connectivity index (χ3v) is 0. The molecule has 22 heteroatoms. The third kappa shape index (κ3) is 34400. The van der Waals surface area contributed by atoms with E-state index in [1.54, 1.807) is 0 Å². The molecule has 0 aromatic heterocycles. The Balaban J connectivity index is -0.0000000106. The Morgan fingerprint density at radius 2 is 0.364 bits per heavy atom. The fraction of sp³-hybridized carbons (Fsp3) is 0. The predicted molar refractivity (Wildman–Crippen MR) is 49.5 cm³/mol. The van der Waals surface area contributed by atoms with Crippen LogP contribution >= 0.6 is 0 Å². The monoisotopic (exact) mass is 482 g/mol. The molecule has 0 aromatic rings. The van der Waals surface area contributed by atoms with Gasteiger partial charge in [-0.3, -0.25) is 25.3 Å². The Kier molecular flexibility index (Phi) is 79.8. The molecule has 0 aromatic carbocycles. The zero-order valence-corrected chi connectivity index (χ0v) is 14.4. The number of hydrogen-bond acceptors (Lipinski definition) is 12. The van der Waals surface area contributed by atoms with Gasteiger partial charge in [0.05, 0.1) is 0 Å². The summed E-state index contributed by atoms with van der Waals surface area (Å²) in [5.74, 6) is 0. The zero-order valence-electron chi connectivity index (χ0n) is 9.44. The fourth-order valence-corrected chi connectivity index (χ4v) is 0. The van der Waals surface area contributed by atoms with Crippen LogP contribution in [0.5, 0.6) is 0 Å². The second kappa shape index (κ2) is 26.4. The van der Waals surface area contributed by atoms with Crippen LogP contribution in [0.1, 0.15) is 0 Å². The van der Waals surface area contributed by atoms with Gasteiger partial charge in [0.1, 0.15) is 0 Å². The summed E-state index contributed by atoms with van der Waals surface area (Å²) in [6.45, 7) is 0. The Hall–Kier alpha value is 0.475. The molecule has 0 rings (SSSR count). The maximum Gasteiger partial charge on any atom is 3.00 e. The van der Waals surface area contributed by atoms with Crippen LogP contribution in [0.4, 0.5) is 0 Å². The molecule has 0 amide bonds. The zero-order chi connectivity index (χ0) is 13.5. The first-order chi connectivity index (χ1) is 6.00. The van der Waals surface area contributed by atoms with E-state index in [9.17, 15) is 0 Å². The average molecular weight is 482 g/mol. The SMILES string of the molecule is O.O.O.O.O.O=S(=O)([O-])[O-].O=S(=O)([O-])[O-].O=S(=O)([O-])[O-].[Cr+3].[Cr+3]. The molecule has 0 saturated heterocycles. The van der Waals surface area contributed by atoms with E-state index >= 15 is 0 Å². The fourth-order valence-electron chi connectivity index (χ4n) is 0. The molecule has 0 spiro atoms. The minimum Gasteiger partial charge on any atom is -0.759 e. The van der Waals surface area contributed by atoms with Crippen LogP contribution in [0.15, 0.2) is 0 Å². The third-order valence-electron chi connectivity index (χ3n) is 0. The number of hydrogen-bond donors (Lipinski definition) is 0. The van der Waals surface area contributed by atoms with Crippen molar-refractivity contribution in [3.05, 3.63) is 0 Å². The summed E-state index contributed by atoms with van der Waals surface area (Å²) in [6.07, 6.45) is 0. The van der Waals surface area contributed by atoms with Gasteiger partial charge in [0, 0.05) is 31.2 Å².